The molecule has 0 saturated carbocycles. The average Bonchev–Trinajstić information content (AvgIpc) is 2.83. The fourth-order valence-electron chi connectivity index (χ4n) is 2.00. The Morgan fingerprint density at radius 1 is 1.39 bits per heavy atom. The number of furan rings is 1. The highest BCUT2D eigenvalue weighted by Gasteiger charge is 2.36. The summed E-state index contributed by atoms with van der Waals surface area (Å²) in [4.78, 5) is 0. The van der Waals surface area contributed by atoms with Crippen LogP contribution in [-0.4, -0.2) is 45.7 Å². The Labute approximate surface area is 107 Å². The van der Waals surface area contributed by atoms with Gasteiger partial charge in [0.25, 0.3) is 0 Å². The SMILES string of the molecule is CS(=O)(=O)N1CC[C@@H](S(=O)(=O)Cc2ccco2)C1. The van der Waals surface area contributed by atoms with Gasteiger partial charge in [0.1, 0.15) is 11.5 Å². The van der Waals surface area contributed by atoms with Crippen molar-refractivity contribution in [2.75, 3.05) is 19.3 Å². The molecule has 0 spiro atoms. The summed E-state index contributed by atoms with van der Waals surface area (Å²) in [5.74, 6) is 0.204. The second-order valence-electron chi connectivity index (χ2n) is 4.42. The summed E-state index contributed by atoms with van der Waals surface area (Å²) in [6.45, 7) is 0.308. The maximum Gasteiger partial charge on any atom is 0.211 e. The molecular weight excluding hydrogens is 278 g/mol. The maximum absolute atomic E-state index is 12.1. The zero-order valence-corrected chi connectivity index (χ0v) is 11.6. The van der Waals surface area contributed by atoms with Crippen LogP contribution in [0, 0.1) is 0 Å². The Balaban J connectivity index is 2.09. The van der Waals surface area contributed by atoms with Crippen molar-refractivity contribution in [1.29, 1.82) is 0 Å². The molecule has 1 aliphatic heterocycles. The van der Waals surface area contributed by atoms with E-state index in [1.54, 1.807) is 12.1 Å². The summed E-state index contributed by atoms with van der Waals surface area (Å²) >= 11 is 0. The van der Waals surface area contributed by atoms with Crippen LogP contribution in [0.3, 0.4) is 0 Å². The zero-order valence-electron chi connectivity index (χ0n) is 9.94. The first-order valence-electron chi connectivity index (χ1n) is 5.48. The predicted octanol–water partition coefficient (Wildman–Crippen LogP) is 0.228. The van der Waals surface area contributed by atoms with Crippen LogP contribution in [0.4, 0.5) is 0 Å². The zero-order chi connectivity index (χ0) is 13.4. The molecule has 1 aromatic heterocycles. The second-order valence-corrected chi connectivity index (χ2v) is 8.68. The van der Waals surface area contributed by atoms with Gasteiger partial charge in [-0.15, -0.1) is 0 Å². The second kappa shape index (κ2) is 4.67. The summed E-state index contributed by atoms with van der Waals surface area (Å²) in [6, 6.07) is 3.23. The number of hydrogen-bond acceptors (Lipinski definition) is 5. The maximum atomic E-state index is 12.1. The van der Waals surface area contributed by atoms with E-state index in [2.05, 4.69) is 0 Å². The molecule has 0 amide bonds. The molecule has 1 atom stereocenters. The van der Waals surface area contributed by atoms with Gasteiger partial charge in [-0.3, -0.25) is 0 Å². The molecular formula is C10H15NO5S2. The third kappa shape index (κ3) is 2.93. The van der Waals surface area contributed by atoms with E-state index in [0.29, 0.717) is 12.2 Å². The van der Waals surface area contributed by atoms with E-state index < -0.39 is 25.1 Å². The normalized spacial score (nSPS) is 22.4. The van der Waals surface area contributed by atoms with Crippen LogP contribution < -0.4 is 0 Å². The molecule has 0 N–H and O–H groups in total. The minimum atomic E-state index is -3.38. The Morgan fingerprint density at radius 3 is 2.61 bits per heavy atom. The standard InChI is InChI=1S/C10H15NO5S2/c1-17(12,13)11-5-4-10(7-11)18(14,15)8-9-3-2-6-16-9/h2-3,6,10H,4-5,7-8H2,1H3/t10-/m1/s1. The van der Waals surface area contributed by atoms with Gasteiger partial charge >= 0.3 is 0 Å². The lowest BCUT2D eigenvalue weighted by Crippen LogP contribution is -2.31. The van der Waals surface area contributed by atoms with Crippen LogP contribution in [0.1, 0.15) is 12.2 Å². The molecule has 8 heteroatoms. The van der Waals surface area contributed by atoms with Gasteiger partial charge in [-0.2, -0.15) is 0 Å². The molecule has 2 rings (SSSR count). The number of sulfone groups is 1. The quantitative estimate of drug-likeness (QED) is 0.793. The van der Waals surface area contributed by atoms with Gasteiger partial charge in [0.2, 0.25) is 10.0 Å². The highest BCUT2D eigenvalue weighted by atomic mass is 32.2. The van der Waals surface area contributed by atoms with Crippen molar-refractivity contribution in [3.05, 3.63) is 24.2 Å². The predicted molar refractivity (Wildman–Crippen MR) is 66.2 cm³/mol. The van der Waals surface area contributed by atoms with Crippen molar-refractivity contribution >= 4 is 19.9 Å². The van der Waals surface area contributed by atoms with Crippen LogP contribution in [0.15, 0.2) is 22.8 Å². The molecule has 0 radical (unpaired) electrons. The van der Waals surface area contributed by atoms with Crippen LogP contribution in [0.2, 0.25) is 0 Å². The number of rotatable bonds is 4. The van der Waals surface area contributed by atoms with Gasteiger partial charge in [0, 0.05) is 13.1 Å². The first kappa shape index (κ1) is 13.6. The van der Waals surface area contributed by atoms with Crippen molar-refractivity contribution in [1.82, 2.24) is 4.31 Å². The highest BCUT2D eigenvalue weighted by Crippen LogP contribution is 2.22. The summed E-state index contributed by atoms with van der Waals surface area (Å²) < 4.78 is 53.1. The molecule has 1 fully saturated rings. The lowest BCUT2D eigenvalue weighted by molar-refractivity contribution is 0.481. The molecule has 1 saturated heterocycles. The molecule has 6 nitrogen and oxygen atoms in total. The van der Waals surface area contributed by atoms with E-state index in [1.807, 2.05) is 0 Å². The minimum absolute atomic E-state index is 0.0435. The van der Waals surface area contributed by atoms with E-state index >= 15 is 0 Å². The summed E-state index contributed by atoms with van der Waals surface area (Å²) in [5, 5.41) is -0.641. The van der Waals surface area contributed by atoms with Gasteiger partial charge in [-0.25, -0.2) is 21.1 Å². The molecule has 102 valence electrons. The van der Waals surface area contributed by atoms with E-state index in [0.717, 1.165) is 6.26 Å². The third-order valence-corrected chi connectivity index (χ3v) is 6.37. The van der Waals surface area contributed by atoms with E-state index in [1.165, 1.54) is 10.6 Å². The Hall–Kier alpha value is -0.860. The first-order chi connectivity index (χ1) is 8.29. The molecule has 1 aliphatic rings. The number of nitrogens with zero attached hydrogens (tertiary/aromatic N) is 1. The molecule has 0 unspecified atom stereocenters. The minimum Gasteiger partial charge on any atom is -0.468 e. The van der Waals surface area contributed by atoms with Crippen molar-refractivity contribution in [3.63, 3.8) is 0 Å². The molecule has 18 heavy (non-hydrogen) atoms. The lowest BCUT2D eigenvalue weighted by Gasteiger charge is -2.13. The van der Waals surface area contributed by atoms with Gasteiger partial charge in [-0.05, 0) is 18.6 Å². The number of sulfonamides is 1. The largest absolute Gasteiger partial charge is 0.468 e. The molecule has 0 bridgehead atoms. The van der Waals surface area contributed by atoms with Crippen LogP contribution in [-0.2, 0) is 25.6 Å². The topological polar surface area (TPSA) is 84.7 Å². The van der Waals surface area contributed by atoms with Crippen LogP contribution in [0.5, 0.6) is 0 Å². The smallest absolute Gasteiger partial charge is 0.211 e. The third-order valence-electron chi connectivity index (χ3n) is 3.01. The lowest BCUT2D eigenvalue weighted by atomic mass is 10.4. The fraction of sp³-hybridized carbons (Fsp3) is 0.600. The summed E-state index contributed by atoms with van der Waals surface area (Å²) in [7, 11) is -6.69. The number of hydrogen-bond donors (Lipinski definition) is 0. The van der Waals surface area contributed by atoms with Crippen molar-refractivity contribution < 1.29 is 21.3 Å². The molecule has 2 heterocycles. The monoisotopic (exact) mass is 293 g/mol. The molecule has 1 aromatic rings. The van der Waals surface area contributed by atoms with E-state index in [4.69, 9.17) is 4.42 Å². The first-order valence-corrected chi connectivity index (χ1v) is 9.04. The average molecular weight is 293 g/mol. The van der Waals surface area contributed by atoms with Crippen molar-refractivity contribution in [3.8, 4) is 0 Å². The van der Waals surface area contributed by atoms with Gasteiger partial charge < -0.3 is 4.42 Å². The van der Waals surface area contributed by atoms with Gasteiger partial charge in [0.05, 0.1) is 17.8 Å². The van der Waals surface area contributed by atoms with E-state index in [-0.39, 0.29) is 18.8 Å². The molecule has 0 aromatic carbocycles. The van der Waals surface area contributed by atoms with Crippen molar-refractivity contribution in [2.24, 2.45) is 0 Å². The molecule has 0 aliphatic carbocycles. The van der Waals surface area contributed by atoms with Crippen LogP contribution in [0.25, 0.3) is 0 Å². The summed E-state index contributed by atoms with van der Waals surface area (Å²) in [6.07, 6.45) is 2.85. The van der Waals surface area contributed by atoms with Crippen molar-refractivity contribution in [2.45, 2.75) is 17.4 Å². The van der Waals surface area contributed by atoms with Gasteiger partial charge in [0.15, 0.2) is 9.84 Å². The Morgan fingerprint density at radius 2 is 2.11 bits per heavy atom. The van der Waals surface area contributed by atoms with Gasteiger partial charge in [-0.1, -0.05) is 0 Å². The van der Waals surface area contributed by atoms with Crippen LogP contribution >= 0.6 is 0 Å². The summed E-state index contributed by atoms with van der Waals surface area (Å²) in [5.41, 5.74) is 0. The Kier molecular flexibility index (Phi) is 3.52. The fourth-order valence-corrected chi connectivity index (χ4v) is 4.65. The van der Waals surface area contributed by atoms with E-state index in [9.17, 15) is 16.8 Å². The highest BCUT2D eigenvalue weighted by molar-refractivity contribution is 7.91. The Bertz CT molecular complexity index is 603.